The molecule has 4 bridgehead atoms. The molecule has 1 aromatic rings. The second kappa shape index (κ2) is 6.68. The number of hydrogen-bond donors (Lipinski definition) is 0. The van der Waals surface area contributed by atoms with Crippen molar-refractivity contribution in [3.8, 4) is 0 Å². The van der Waals surface area contributed by atoms with E-state index in [1.54, 1.807) is 0 Å². The van der Waals surface area contributed by atoms with Gasteiger partial charge in [-0.3, -0.25) is 9.59 Å². The number of amides is 2. The maximum absolute atomic E-state index is 13.8. The van der Waals surface area contributed by atoms with Gasteiger partial charge in [0.05, 0.1) is 21.4 Å². The van der Waals surface area contributed by atoms with Gasteiger partial charge in [0.2, 0.25) is 11.8 Å². The third kappa shape index (κ3) is 2.99. The largest absolute Gasteiger partial charge is 0.417 e. The van der Waals surface area contributed by atoms with Gasteiger partial charge in [-0.2, -0.15) is 13.2 Å². The van der Waals surface area contributed by atoms with Crippen LogP contribution in [0.2, 0.25) is 5.02 Å². The second-order valence-corrected chi connectivity index (χ2v) is 10.2. The van der Waals surface area contributed by atoms with Gasteiger partial charge in [0.25, 0.3) is 0 Å². The molecule has 0 saturated heterocycles. The molecule has 4 aliphatic rings. The van der Waals surface area contributed by atoms with Crippen LogP contribution in [0.25, 0.3) is 0 Å². The number of nitrogens with zero attached hydrogens (tertiary/aromatic N) is 2. The summed E-state index contributed by atoms with van der Waals surface area (Å²) in [7, 11) is 0. The molecule has 0 N–H and O–H groups in total. The summed E-state index contributed by atoms with van der Waals surface area (Å²) >= 11 is 6.22. The van der Waals surface area contributed by atoms with E-state index in [4.69, 9.17) is 11.6 Å². The van der Waals surface area contributed by atoms with Crippen molar-refractivity contribution in [3.63, 3.8) is 0 Å². The first-order chi connectivity index (χ1) is 14.1. The fourth-order valence-electron chi connectivity index (χ4n) is 6.49. The average Bonchev–Trinajstić information content (AvgIpc) is 3.49. The number of aromatic nitrogens is 1. The van der Waals surface area contributed by atoms with Gasteiger partial charge in [-0.15, -0.1) is 0 Å². The molecule has 0 radical (unpaired) electrons. The molecule has 4 saturated carbocycles. The molecule has 162 valence electrons. The normalized spacial score (nSPS) is 34.5. The molecule has 0 unspecified atom stereocenters. The van der Waals surface area contributed by atoms with E-state index in [9.17, 15) is 22.8 Å². The first-order valence-electron chi connectivity index (χ1n) is 10.8. The van der Waals surface area contributed by atoms with Gasteiger partial charge in [0.15, 0.2) is 5.82 Å². The maximum Gasteiger partial charge on any atom is 0.417 e. The van der Waals surface area contributed by atoms with Crippen molar-refractivity contribution >= 4 is 29.2 Å². The fraction of sp³-hybridized carbons (Fsp3) is 0.682. The Kier molecular flexibility index (Phi) is 4.52. The first kappa shape index (κ1) is 20.3. The lowest BCUT2D eigenvalue weighted by Gasteiger charge is -2.36. The molecular weight excluding hydrogens is 417 g/mol. The average molecular weight is 441 g/mol. The van der Waals surface area contributed by atoms with Crippen molar-refractivity contribution in [2.24, 2.45) is 22.7 Å². The van der Waals surface area contributed by atoms with Gasteiger partial charge in [-0.25, -0.2) is 9.88 Å². The number of fused-ring (bicyclic) bond motifs is 4. The highest BCUT2D eigenvalue weighted by Crippen LogP contribution is 2.58. The number of rotatable bonds is 3. The van der Waals surface area contributed by atoms with E-state index in [0.717, 1.165) is 49.5 Å². The van der Waals surface area contributed by atoms with Crippen molar-refractivity contribution in [1.82, 2.24) is 4.98 Å². The SMILES string of the molecule is O=C(N(C(=O)C12CCC(CC1)C2)c1ncc(C(F)(F)F)cc1Cl)C12CCC(CC1)C2. The summed E-state index contributed by atoms with van der Waals surface area (Å²) in [6.45, 7) is 0. The molecule has 0 atom stereocenters. The van der Waals surface area contributed by atoms with Gasteiger partial charge >= 0.3 is 6.18 Å². The van der Waals surface area contributed by atoms with E-state index >= 15 is 0 Å². The molecule has 4 nitrogen and oxygen atoms in total. The minimum absolute atomic E-state index is 0.144. The second-order valence-electron chi connectivity index (χ2n) is 9.83. The molecule has 8 heteroatoms. The van der Waals surface area contributed by atoms with Crippen LogP contribution >= 0.6 is 11.6 Å². The van der Waals surface area contributed by atoms with Crippen LogP contribution in [0.4, 0.5) is 19.0 Å². The summed E-state index contributed by atoms with van der Waals surface area (Å²) in [5, 5.41) is -0.306. The summed E-state index contributed by atoms with van der Waals surface area (Å²) in [4.78, 5) is 32.6. The third-order valence-electron chi connectivity index (χ3n) is 8.16. The Morgan fingerprint density at radius 3 is 1.77 bits per heavy atom. The third-order valence-corrected chi connectivity index (χ3v) is 8.44. The number of alkyl halides is 3. The summed E-state index contributed by atoms with van der Waals surface area (Å²) in [6.07, 6.45) is 4.23. The monoisotopic (exact) mass is 440 g/mol. The quantitative estimate of drug-likeness (QED) is 0.560. The zero-order chi connectivity index (χ0) is 21.3. The van der Waals surface area contributed by atoms with Gasteiger partial charge in [-0.1, -0.05) is 11.6 Å². The van der Waals surface area contributed by atoms with E-state index in [-0.39, 0.29) is 22.7 Å². The molecule has 30 heavy (non-hydrogen) atoms. The summed E-state index contributed by atoms with van der Waals surface area (Å²) < 4.78 is 39.3. The van der Waals surface area contributed by atoms with Crippen LogP contribution in [0.5, 0.6) is 0 Å². The molecule has 4 aliphatic carbocycles. The lowest BCUT2D eigenvalue weighted by molar-refractivity contribution is -0.138. The summed E-state index contributed by atoms with van der Waals surface area (Å²) in [6, 6.07) is 0.769. The zero-order valence-electron chi connectivity index (χ0n) is 16.6. The molecular formula is C22H24ClF3N2O2. The Hall–Kier alpha value is -1.63. The van der Waals surface area contributed by atoms with Crippen molar-refractivity contribution in [2.45, 2.75) is 70.4 Å². The van der Waals surface area contributed by atoms with Crippen LogP contribution in [0.1, 0.15) is 69.8 Å². The highest BCUT2D eigenvalue weighted by molar-refractivity contribution is 6.35. The Morgan fingerprint density at radius 1 is 0.967 bits per heavy atom. The Bertz CT molecular complexity index is 858. The minimum atomic E-state index is -4.60. The highest BCUT2D eigenvalue weighted by Gasteiger charge is 2.57. The van der Waals surface area contributed by atoms with Crippen molar-refractivity contribution in [1.29, 1.82) is 0 Å². The topological polar surface area (TPSA) is 50.3 Å². The molecule has 0 spiro atoms. The van der Waals surface area contributed by atoms with Crippen LogP contribution in [-0.4, -0.2) is 16.8 Å². The van der Waals surface area contributed by atoms with Crippen LogP contribution in [0, 0.1) is 22.7 Å². The summed E-state index contributed by atoms with van der Waals surface area (Å²) in [5.41, 5.74) is -2.21. The number of halogens is 4. The number of carbonyl (C=O) groups is 2. The van der Waals surface area contributed by atoms with Crippen LogP contribution in [-0.2, 0) is 15.8 Å². The predicted molar refractivity (Wildman–Crippen MR) is 105 cm³/mol. The number of pyridine rings is 1. The predicted octanol–water partition coefficient (Wildman–Crippen LogP) is 5.77. The van der Waals surface area contributed by atoms with E-state index in [1.165, 1.54) is 0 Å². The maximum atomic E-state index is 13.8. The van der Waals surface area contributed by atoms with Crippen LogP contribution in [0.15, 0.2) is 12.3 Å². The standard InChI is InChI=1S/C22H24ClF3N2O2/c23-16-9-15(22(24,25)26)12-27-17(16)28(18(29)20-5-1-13(10-20)2-6-20)19(30)21-7-3-14(11-21)4-8-21/h9,12-14H,1-8,10-11H2. The lowest BCUT2D eigenvalue weighted by atomic mass is 9.79. The smallest absolute Gasteiger partial charge is 0.273 e. The van der Waals surface area contributed by atoms with Crippen molar-refractivity contribution in [3.05, 3.63) is 22.8 Å². The number of carbonyl (C=O) groups excluding carboxylic acids is 2. The number of imide groups is 1. The molecule has 1 heterocycles. The minimum Gasteiger partial charge on any atom is -0.273 e. The molecule has 4 fully saturated rings. The Balaban J connectivity index is 1.57. The fourth-order valence-corrected chi connectivity index (χ4v) is 6.74. The Morgan fingerprint density at radius 2 is 1.43 bits per heavy atom. The highest BCUT2D eigenvalue weighted by atomic mass is 35.5. The van der Waals surface area contributed by atoms with E-state index in [2.05, 4.69) is 4.98 Å². The van der Waals surface area contributed by atoms with Crippen LogP contribution < -0.4 is 4.90 Å². The van der Waals surface area contributed by atoms with Crippen LogP contribution in [0.3, 0.4) is 0 Å². The van der Waals surface area contributed by atoms with Crippen molar-refractivity contribution < 1.29 is 22.8 Å². The molecule has 1 aromatic heterocycles. The first-order valence-corrected chi connectivity index (χ1v) is 11.1. The lowest BCUT2D eigenvalue weighted by Crippen LogP contribution is -2.51. The molecule has 2 amide bonds. The molecule has 0 aromatic carbocycles. The van der Waals surface area contributed by atoms with E-state index in [0.29, 0.717) is 43.7 Å². The Labute approximate surface area is 178 Å². The van der Waals surface area contributed by atoms with Gasteiger partial charge in [-0.05, 0) is 82.1 Å². The zero-order valence-corrected chi connectivity index (χ0v) is 17.4. The number of hydrogen-bond acceptors (Lipinski definition) is 3. The van der Waals surface area contributed by atoms with E-state index < -0.39 is 22.6 Å². The van der Waals surface area contributed by atoms with Gasteiger partial charge in [0.1, 0.15) is 0 Å². The van der Waals surface area contributed by atoms with Crippen molar-refractivity contribution in [2.75, 3.05) is 4.90 Å². The molecule has 0 aliphatic heterocycles. The van der Waals surface area contributed by atoms with Gasteiger partial charge in [0, 0.05) is 6.20 Å². The summed E-state index contributed by atoms with van der Waals surface area (Å²) in [5.74, 6) is 0.205. The molecule has 5 rings (SSSR count). The van der Waals surface area contributed by atoms with E-state index in [1.807, 2.05) is 0 Å². The van der Waals surface area contributed by atoms with Gasteiger partial charge < -0.3 is 0 Å². The number of anilines is 1.